The molecule has 1 atom stereocenters. The minimum Gasteiger partial charge on any atom is -0.392 e. The monoisotopic (exact) mass is 242 g/mol. The summed E-state index contributed by atoms with van der Waals surface area (Å²) in [5, 5.41) is 14.0. The molecule has 1 aromatic heterocycles. The number of aliphatic hydroxyl groups excluding tert-OH is 1. The lowest BCUT2D eigenvalue weighted by molar-refractivity contribution is 0.208. The van der Waals surface area contributed by atoms with Crippen molar-refractivity contribution in [2.75, 3.05) is 11.9 Å². The van der Waals surface area contributed by atoms with E-state index in [1.807, 2.05) is 12.1 Å². The second kappa shape index (κ2) is 4.58. The van der Waals surface area contributed by atoms with Gasteiger partial charge in [-0.25, -0.2) is 0 Å². The molecule has 0 amide bonds. The van der Waals surface area contributed by atoms with Crippen LogP contribution in [0.3, 0.4) is 0 Å². The van der Waals surface area contributed by atoms with Gasteiger partial charge in [-0.1, -0.05) is 18.2 Å². The van der Waals surface area contributed by atoms with Gasteiger partial charge in [0.25, 0.3) is 0 Å². The van der Waals surface area contributed by atoms with Crippen molar-refractivity contribution >= 4 is 16.6 Å². The zero-order chi connectivity index (χ0) is 12.5. The number of fused-ring (bicyclic) bond motifs is 2. The molecule has 0 spiro atoms. The third-order valence-electron chi connectivity index (χ3n) is 3.49. The summed E-state index contributed by atoms with van der Waals surface area (Å²) in [5.74, 6) is 0. The molecule has 1 heterocycles. The van der Waals surface area contributed by atoms with Crippen LogP contribution in [-0.4, -0.2) is 22.7 Å². The summed E-state index contributed by atoms with van der Waals surface area (Å²) in [6.45, 7) is 2.39. The molecule has 1 aromatic carbocycles. The largest absolute Gasteiger partial charge is 0.392 e. The fourth-order valence-electron chi connectivity index (χ4n) is 2.66. The van der Waals surface area contributed by atoms with Crippen LogP contribution in [0.5, 0.6) is 0 Å². The quantitative estimate of drug-likeness (QED) is 0.869. The highest BCUT2D eigenvalue weighted by molar-refractivity contribution is 5.93. The Labute approximate surface area is 107 Å². The molecule has 94 valence electrons. The van der Waals surface area contributed by atoms with Crippen LogP contribution in [0.1, 0.15) is 24.6 Å². The minimum absolute atomic E-state index is 0.339. The molecule has 2 N–H and O–H groups in total. The van der Waals surface area contributed by atoms with Crippen molar-refractivity contribution in [2.24, 2.45) is 0 Å². The van der Waals surface area contributed by atoms with E-state index in [-0.39, 0.29) is 6.10 Å². The standard InChI is InChI=1S/C15H18N2O/c1-10(18)9-16-15-11-5-2-3-7-13(11)17-14-8-4-6-12(14)15/h2-3,5,7,10,18H,4,6,8-9H2,1H3,(H,16,17). The SMILES string of the molecule is CC(O)CNc1c2c(nc3ccccc13)CCC2. The van der Waals surface area contributed by atoms with E-state index >= 15 is 0 Å². The smallest absolute Gasteiger partial charge is 0.0726 e. The Morgan fingerprint density at radius 2 is 2.17 bits per heavy atom. The number of hydrogen-bond donors (Lipinski definition) is 2. The number of nitrogens with zero attached hydrogens (tertiary/aromatic N) is 1. The van der Waals surface area contributed by atoms with Crippen molar-refractivity contribution in [2.45, 2.75) is 32.3 Å². The Morgan fingerprint density at radius 3 is 3.00 bits per heavy atom. The van der Waals surface area contributed by atoms with E-state index in [4.69, 9.17) is 4.98 Å². The van der Waals surface area contributed by atoms with Gasteiger partial charge in [0, 0.05) is 23.3 Å². The lowest BCUT2D eigenvalue weighted by atomic mass is 10.1. The summed E-state index contributed by atoms with van der Waals surface area (Å²) in [6.07, 6.45) is 3.01. The van der Waals surface area contributed by atoms with Gasteiger partial charge < -0.3 is 10.4 Å². The van der Waals surface area contributed by atoms with Crippen molar-refractivity contribution in [1.29, 1.82) is 0 Å². The van der Waals surface area contributed by atoms with Gasteiger partial charge in [0.15, 0.2) is 0 Å². The van der Waals surface area contributed by atoms with E-state index in [9.17, 15) is 5.11 Å². The first-order chi connectivity index (χ1) is 8.75. The molecule has 2 aromatic rings. The molecule has 0 saturated carbocycles. The lowest BCUT2D eigenvalue weighted by Gasteiger charge is -2.15. The number of rotatable bonds is 3. The topological polar surface area (TPSA) is 45.1 Å². The molecule has 1 unspecified atom stereocenters. The molecule has 3 rings (SSSR count). The first-order valence-corrected chi connectivity index (χ1v) is 6.58. The third kappa shape index (κ3) is 1.95. The van der Waals surface area contributed by atoms with Crippen molar-refractivity contribution < 1.29 is 5.11 Å². The van der Waals surface area contributed by atoms with Crippen LogP contribution in [0.25, 0.3) is 10.9 Å². The lowest BCUT2D eigenvalue weighted by Crippen LogP contribution is -2.16. The minimum atomic E-state index is -0.339. The van der Waals surface area contributed by atoms with Gasteiger partial charge >= 0.3 is 0 Å². The number of aliphatic hydroxyl groups is 1. The molecule has 0 saturated heterocycles. The maximum Gasteiger partial charge on any atom is 0.0726 e. The maximum atomic E-state index is 9.46. The first kappa shape index (κ1) is 11.5. The van der Waals surface area contributed by atoms with E-state index in [2.05, 4.69) is 17.4 Å². The number of hydrogen-bond acceptors (Lipinski definition) is 3. The van der Waals surface area contributed by atoms with Crippen molar-refractivity contribution in [3.05, 3.63) is 35.5 Å². The number of anilines is 1. The van der Waals surface area contributed by atoms with E-state index in [1.165, 1.54) is 28.8 Å². The number of para-hydroxylation sites is 1. The number of nitrogens with one attached hydrogen (secondary N) is 1. The molecule has 18 heavy (non-hydrogen) atoms. The second-order valence-corrected chi connectivity index (χ2v) is 5.01. The first-order valence-electron chi connectivity index (χ1n) is 6.58. The van der Waals surface area contributed by atoms with E-state index in [0.717, 1.165) is 18.4 Å². The zero-order valence-corrected chi connectivity index (χ0v) is 10.6. The van der Waals surface area contributed by atoms with Crippen LogP contribution in [0, 0.1) is 0 Å². The highest BCUT2D eigenvalue weighted by atomic mass is 16.3. The maximum absolute atomic E-state index is 9.46. The van der Waals surface area contributed by atoms with E-state index in [0.29, 0.717) is 6.54 Å². The van der Waals surface area contributed by atoms with Gasteiger partial charge in [-0.05, 0) is 37.8 Å². The van der Waals surface area contributed by atoms with Crippen LogP contribution >= 0.6 is 0 Å². The highest BCUT2D eigenvalue weighted by Crippen LogP contribution is 2.33. The average Bonchev–Trinajstić information content (AvgIpc) is 2.82. The Balaban J connectivity index is 2.13. The van der Waals surface area contributed by atoms with Crippen LogP contribution in [-0.2, 0) is 12.8 Å². The average molecular weight is 242 g/mol. The van der Waals surface area contributed by atoms with Crippen molar-refractivity contribution in [1.82, 2.24) is 4.98 Å². The van der Waals surface area contributed by atoms with E-state index < -0.39 is 0 Å². The van der Waals surface area contributed by atoms with Crippen LogP contribution in [0.4, 0.5) is 5.69 Å². The fourth-order valence-corrected chi connectivity index (χ4v) is 2.66. The molecule has 3 heteroatoms. The molecule has 0 aliphatic heterocycles. The predicted octanol–water partition coefficient (Wildman–Crippen LogP) is 2.52. The second-order valence-electron chi connectivity index (χ2n) is 5.01. The molecule has 1 aliphatic carbocycles. The Morgan fingerprint density at radius 1 is 1.33 bits per heavy atom. The normalized spacial score (nSPS) is 15.7. The summed E-state index contributed by atoms with van der Waals surface area (Å²) in [5.41, 5.74) is 4.79. The summed E-state index contributed by atoms with van der Waals surface area (Å²) < 4.78 is 0. The Bertz CT molecular complexity index is 578. The zero-order valence-electron chi connectivity index (χ0n) is 10.6. The van der Waals surface area contributed by atoms with Gasteiger partial charge in [-0.3, -0.25) is 4.98 Å². The summed E-state index contributed by atoms with van der Waals surface area (Å²) in [7, 11) is 0. The van der Waals surface area contributed by atoms with Gasteiger partial charge in [-0.2, -0.15) is 0 Å². The molecular weight excluding hydrogens is 224 g/mol. The van der Waals surface area contributed by atoms with Crippen molar-refractivity contribution in [3.8, 4) is 0 Å². The fraction of sp³-hybridized carbons (Fsp3) is 0.400. The van der Waals surface area contributed by atoms with Gasteiger partial charge in [0.2, 0.25) is 0 Å². The van der Waals surface area contributed by atoms with E-state index in [1.54, 1.807) is 6.92 Å². The molecule has 0 radical (unpaired) electrons. The summed E-state index contributed by atoms with van der Waals surface area (Å²) in [6, 6.07) is 8.22. The van der Waals surface area contributed by atoms with Crippen LogP contribution in [0.2, 0.25) is 0 Å². The number of benzene rings is 1. The van der Waals surface area contributed by atoms with Gasteiger partial charge in [0.1, 0.15) is 0 Å². The molecule has 0 bridgehead atoms. The summed E-state index contributed by atoms with van der Waals surface area (Å²) in [4.78, 5) is 4.74. The van der Waals surface area contributed by atoms with Crippen LogP contribution < -0.4 is 5.32 Å². The summed E-state index contributed by atoms with van der Waals surface area (Å²) >= 11 is 0. The molecular formula is C15H18N2O. The third-order valence-corrected chi connectivity index (χ3v) is 3.49. The molecule has 1 aliphatic rings. The predicted molar refractivity (Wildman–Crippen MR) is 73.9 cm³/mol. The Hall–Kier alpha value is -1.61. The highest BCUT2D eigenvalue weighted by Gasteiger charge is 2.19. The molecule has 0 fully saturated rings. The molecule has 3 nitrogen and oxygen atoms in total. The number of aromatic nitrogens is 1. The van der Waals surface area contributed by atoms with Crippen LogP contribution in [0.15, 0.2) is 24.3 Å². The van der Waals surface area contributed by atoms with Crippen molar-refractivity contribution in [3.63, 3.8) is 0 Å². The number of aryl methyl sites for hydroxylation is 1. The number of pyridine rings is 1. The van der Waals surface area contributed by atoms with Gasteiger partial charge in [0.05, 0.1) is 11.6 Å². The van der Waals surface area contributed by atoms with Gasteiger partial charge in [-0.15, -0.1) is 0 Å². The Kier molecular flexibility index (Phi) is 2.92.